The molecule has 1 aromatic carbocycles. The first-order valence-electron chi connectivity index (χ1n) is 3.49. The van der Waals surface area contributed by atoms with Gasteiger partial charge in [-0.1, -0.05) is 11.6 Å². The highest BCUT2D eigenvalue weighted by Gasteiger charge is 2.26. The highest BCUT2D eigenvalue weighted by molar-refractivity contribution is 6.30. The van der Waals surface area contributed by atoms with E-state index in [-0.39, 0.29) is 17.2 Å². The predicted octanol–water partition coefficient (Wildman–Crippen LogP) is 1.90. The molecule has 12 heavy (non-hydrogen) atoms. The van der Waals surface area contributed by atoms with Crippen LogP contribution >= 0.6 is 11.6 Å². The molecule has 0 saturated carbocycles. The third-order valence-corrected chi connectivity index (χ3v) is 2.11. The molecule has 2 nitrogen and oxygen atoms in total. The average Bonchev–Trinajstić information content (AvgIpc) is 2.41. The van der Waals surface area contributed by atoms with E-state index in [1.54, 1.807) is 6.07 Å². The summed E-state index contributed by atoms with van der Waals surface area (Å²) in [6.07, 6.45) is -0.890. The Kier molecular flexibility index (Phi) is 1.70. The second kappa shape index (κ2) is 2.61. The third-order valence-electron chi connectivity index (χ3n) is 1.82. The lowest BCUT2D eigenvalue weighted by atomic mass is 10.1. The Balaban J connectivity index is 2.63. The van der Waals surface area contributed by atoms with E-state index >= 15 is 0 Å². The zero-order valence-corrected chi connectivity index (χ0v) is 6.81. The molecule has 1 atom stereocenters. The molecule has 1 aliphatic rings. The van der Waals surface area contributed by atoms with E-state index in [4.69, 9.17) is 16.3 Å². The first-order chi connectivity index (χ1) is 5.70. The number of halogens is 2. The summed E-state index contributed by atoms with van der Waals surface area (Å²) in [6, 6.07) is 2.96. The molecule has 0 aliphatic carbocycles. The van der Waals surface area contributed by atoms with Gasteiger partial charge < -0.3 is 9.84 Å². The van der Waals surface area contributed by atoms with Gasteiger partial charge in [0, 0.05) is 0 Å². The second-order valence-electron chi connectivity index (χ2n) is 2.60. The van der Waals surface area contributed by atoms with Crippen molar-refractivity contribution in [3.8, 4) is 5.75 Å². The monoisotopic (exact) mass is 188 g/mol. The molecule has 0 saturated heterocycles. The lowest BCUT2D eigenvalue weighted by Crippen LogP contribution is -1.99. The van der Waals surface area contributed by atoms with Gasteiger partial charge >= 0.3 is 0 Å². The Bertz CT molecular complexity index is 327. The Morgan fingerprint density at radius 2 is 2.33 bits per heavy atom. The molecule has 1 aliphatic heterocycles. The van der Waals surface area contributed by atoms with Crippen LogP contribution in [0.4, 0.5) is 4.39 Å². The van der Waals surface area contributed by atoms with Gasteiger partial charge in [0.1, 0.15) is 18.5 Å². The van der Waals surface area contributed by atoms with E-state index in [1.165, 1.54) is 6.07 Å². The lowest BCUT2D eigenvalue weighted by molar-refractivity contribution is 0.138. The molecule has 0 fully saturated rings. The van der Waals surface area contributed by atoms with Crippen molar-refractivity contribution in [2.45, 2.75) is 6.10 Å². The summed E-state index contributed by atoms with van der Waals surface area (Å²) in [4.78, 5) is 0. The van der Waals surface area contributed by atoms with Crippen LogP contribution in [0, 0.1) is 5.82 Å². The molecule has 4 heteroatoms. The Hall–Kier alpha value is -0.800. The maximum absolute atomic E-state index is 13.2. The molecule has 1 heterocycles. The fourth-order valence-corrected chi connectivity index (χ4v) is 1.40. The van der Waals surface area contributed by atoms with E-state index in [2.05, 4.69) is 0 Å². The minimum atomic E-state index is -0.890. The normalized spacial score (nSPS) is 20.4. The van der Waals surface area contributed by atoms with Crippen molar-refractivity contribution in [2.24, 2.45) is 0 Å². The highest BCUT2D eigenvalue weighted by Crippen LogP contribution is 2.36. The van der Waals surface area contributed by atoms with Gasteiger partial charge in [0.25, 0.3) is 0 Å². The van der Waals surface area contributed by atoms with E-state index in [1.807, 2.05) is 0 Å². The van der Waals surface area contributed by atoms with Crippen LogP contribution in [-0.2, 0) is 0 Å². The molecular weight excluding hydrogens is 183 g/mol. The van der Waals surface area contributed by atoms with E-state index < -0.39 is 11.9 Å². The molecule has 0 spiro atoms. The van der Waals surface area contributed by atoms with Crippen molar-refractivity contribution < 1.29 is 14.2 Å². The zero-order chi connectivity index (χ0) is 8.72. The van der Waals surface area contributed by atoms with Crippen molar-refractivity contribution in [2.75, 3.05) is 6.61 Å². The largest absolute Gasteiger partial charge is 0.490 e. The van der Waals surface area contributed by atoms with Gasteiger partial charge in [0.15, 0.2) is 5.82 Å². The Morgan fingerprint density at radius 3 is 3.08 bits per heavy atom. The summed E-state index contributed by atoms with van der Waals surface area (Å²) >= 11 is 5.52. The topological polar surface area (TPSA) is 29.5 Å². The zero-order valence-electron chi connectivity index (χ0n) is 6.05. The fourth-order valence-electron chi connectivity index (χ4n) is 1.24. The number of fused-ring (bicyclic) bond motifs is 1. The molecule has 1 aromatic rings. The van der Waals surface area contributed by atoms with Crippen LogP contribution in [-0.4, -0.2) is 11.7 Å². The Labute approximate surface area is 73.5 Å². The summed E-state index contributed by atoms with van der Waals surface area (Å²) in [5, 5.41) is 9.28. The molecule has 0 aromatic heterocycles. The van der Waals surface area contributed by atoms with E-state index in [0.29, 0.717) is 5.75 Å². The van der Waals surface area contributed by atoms with Crippen LogP contribution in [0.2, 0.25) is 5.02 Å². The van der Waals surface area contributed by atoms with E-state index in [0.717, 1.165) is 0 Å². The van der Waals surface area contributed by atoms with Crippen LogP contribution in [0.5, 0.6) is 5.75 Å². The van der Waals surface area contributed by atoms with Crippen molar-refractivity contribution in [1.82, 2.24) is 0 Å². The number of aliphatic hydroxyl groups excluding tert-OH is 1. The number of hydrogen-bond acceptors (Lipinski definition) is 2. The minimum absolute atomic E-state index is 0.0123. The molecule has 1 N–H and O–H groups in total. The van der Waals surface area contributed by atoms with Gasteiger partial charge in [-0.15, -0.1) is 0 Å². The maximum atomic E-state index is 13.2. The fraction of sp³-hybridized carbons (Fsp3) is 0.250. The first kappa shape index (κ1) is 7.83. The van der Waals surface area contributed by atoms with Crippen LogP contribution in [0.25, 0.3) is 0 Å². The van der Waals surface area contributed by atoms with Gasteiger partial charge in [-0.05, 0) is 12.1 Å². The standard InChI is InChI=1S/C8H6ClFO2/c9-4-1-2-6-7(8(4)10)5(11)3-12-6/h1-2,5,11H,3H2. The van der Waals surface area contributed by atoms with Crippen LogP contribution in [0.1, 0.15) is 11.7 Å². The van der Waals surface area contributed by atoms with Crippen molar-refractivity contribution in [1.29, 1.82) is 0 Å². The van der Waals surface area contributed by atoms with Crippen molar-refractivity contribution in [3.63, 3.8) is 0 Å². The Morgan fingerprint density at radius 1 is 1.58 bits per heavy atom. The third kappa shape index (κ3) is 0.974. The average molecular weight is 189 g/mol. The van der Waals surface area contributed by atoms with Gasteiger partial charge in [-0.25, -0.2) is 4.39 Å². The summed E-state index contributed by atoms with van der Waals surface area (Å²) in [7, 11) is 0. The number of ether oxygens (including phenoxy) is 1. The molecule has 1 unspecified atom stereocenters. The summed E-state index contributed by atoms with van der Waals surface area (Å²) < 4.78 is 18.2. The molecule has 2 rings (SSSR count). The van der Waals surface area contributed by atoms with Crippen molar-refractivity contribution >= 4 is 11.6 Å². The van der Waals surface area contributed by atoms with Gasteiger partial charge in [-0.3, -0.25) is 0 Å². The number of hydrogen-bond donors (Lipinski definition) is 1. The van der Waals surface area contributed by atoms with Crippen LogP contribution < -0.4 is 4.74 Å². The number of aliphatic hydroxyl groups is 1. The molecule has 0 bridgehead atoms. The smallest absolute Gasteiger partial charge is 0.151 e. The van der Waals surface area contributed by atoms with Gasteiger partial charge in [0.05, 0.1) is 10.6 Å². The number of benzene rings is 1. The highest BCUT2D eigenvalue weighted by atomic mass is 35.5. The van der Waals surface area contributed by atoms with E-state index in [9.17, 15) is 9.50 Å². The molecule has 0 radical (unpaired) electrons. The van der Waals surface area contributed by atoms with Crippen LogP contribution in [0.3, 0.4) is 0 Å². The summed E-state index contributed by atoms with van der Waals surface area (Å²) in [6.45, 7) is 0.104. The SMILES string of the molecule is OC1COc2ccc(Cl)c(F)c21. The van der Waals surface area contributed by atoms with Crippen molar-refractivity contribution in [3.05, 3.63) is 28.5 Å². The quantitative estimate of drug-likeness (QED) is 0.674. The van der Waals surface area contributed by atoms with Gasteiger partial charge in [0.2, 0.25) is 0 Å². The van der Waals surface area contributed by atoms with Crippen LogP contribution in [0.15, 0.2) is 12.1 Å². The summed E-state index contributed by atoms with van der Waals surface area (Å²) in [5.41, 5.74) is 0.169. The predicted molar refractivity (Wildman–Crippen MR) is 41.9 cm³/mol. The van der Waals surface area contributed by atoms with Gasteiger partial charge in [-0.2, -0.15) is 0 Å². The first-order valence-corrected chi connectivity index (χ1v) is 3.86. The lowest BCUT2D eigenvalue weighted by Gasteiger charge is -2.02. The summed E-state index contributed by atoms with van der Waals surface area (Å²) in [5.74, 6) is -0.205. The number of rotatable bonds is 0. The molecule has 0 amide bonds. The second-order valence-corrected chi connectivity index (χ2v) is 3.01. The molecular formula is C8H6ClFO2. The maximum Gasteiger partial charge on any atom is 0.151 e. The molecule has 64 valence electrons. The minimum Gasteiger partial charge on any atom is -0.490 e.